The number of benzene rings is 1. The molecule has 0 unspecified atom stereocenters. The number of carbonyl (C=O) groups is 1. The lowest BCUT2D eigenvalue weighted by molar-refractivity contribution is 0.101. The SMILES string of the molecule is COc1cc(NC(=O)c2c(F)c(C)c(F)c(F)c2F)ccn1. The van der Waals surface area contributed by atoms with Crippen LogP contribution in [0.4, 0.5) is 23.2 Å². The standard InChI is InChI=1S/C14H10F4N2O2/c1-6-10(15)9(12(17)13(18)11(6)16)14(21)20-7-3-4-19-8(5-7)22-2/h3-5H,1-2H3,(H,19,20,21). The first-order chi connectivity index (χ1) is 10.4. The number of halogens is 4. The third kappa shape index (κ3) is 2.72. The Bertz CT molecular complexity index is 721. The molecule has 0 bridgehead atoms. The van der Waals surface area contributed by atoms with Crippen molar-refractivity contribution in [3.8, 4) is 5.88 Å². The van der Waals surface area contributed by atoms with Gasteiger partial charge in [0.05, 0.1) is 7.11 Å². The molecule has 8 heteroatoms. The smallest absolute Gasteiger partial charge is 0.261 e. The second-order valence-corrected chi connectivity index (χ2v) is 4.30. The van der Waals surface area contributed by atoms with E-state index in [1.54, 1.807) is 0 Å². The van der Waals surface area contributed by atoms with Crippen molar-refractivity contribution in [2.24, 2.45) is 0 Å². The van der Waals surface area contributed by atoms with E-state index in [9.17, 15) is 22.4 Å². The highest BCUT2D eigenvalue weighted by atomic mass is 19.2. The molecule has 0 aliphatic carbocycles. The minimum Gasteiger partial charge on any atom is -0.481 e. The van der Waals surface area contributed by atoms with E-state index in [1.807, 2.05) is 0 Å². The van der Waals surface area contributed by atoms with Crippen molar-refractivity contribution in [1.82, 2.24) is 4.98 Å². The van der Waals surface area contributed by atoms with Crippen molar-refractivity contribution in [3.05, 3.63) is 52.7 Å². The number of ether oxygens (including phenoxy) is 1. The van der Waals surface area contributed by atoms with Crippen LogP contribution >= 0.6 is 0 Å². The van der Waals surface area contributed by atoms with Crippen molar-refractivity contribution in [1.29, 1.82) is 0 Å². The summed E-state index contributed by atoms with van der Waals surface area (Å²) in [5, 5.41) is 2.16. The molecule has 0 aliphatic heterocycles. The summed E-state index contributed by atoms with van der Waals surface area (Å²) < 4.78 is 58.9. The average Bonchev–Trinajstić information content (AvgIpc) is 2.51. The number of carbonyl (C=O) groups excluding carboxylic acids is 1. The zero-order valence-corrected chi connectivity index (χ0v) is 11.5. The molecule has 4 nitrogen and oxygen atoms in total. The number of amides is 1. The van der Waals surface area contributed by atoms with Gasteiger partial charge in [-0.3, -0.25) is 4.79 Å². The lowest BCUT2D eigenvalue weighted by Crippen LogP contribution is -2.19. The summed E-state index contributed by atoms with van der Waals surface area (Å²) in [4.78, 5) is 15.7. The van der Waals surface area contributed by atoms with Crippen LogP contribution in [-0.4, -0.2) is 18.0 Å². The first-order valence-corrected chi connectivity index (χ1v) is 6.00. The fourth-order valence-electron chi connectivity index (χ4n) is 1.74. The third-order valence-corrected chi connectivity index (χ3v) is 2.91. The van der Waals surface area contributed by atoms with Crippen LogP contribution in [0.3, 0.4) is 0 Å². The lowest BCUT2D eigenvalue weighted by Gasteiger charge is -2.10. The zero-order valence-electron chi connectivity index (χ0n) is 11.5. The van der Waals surface area contributed by atoms with Gasteiger partial charge in [0.15, 0.2) is 17.5 Å². The van der Waals surface area contributed by atoms with Crippen LogP contribution in [0.2, 0.25) is 0 Å². The Kier molecular flexibility index (Phi) is 4.30. The van der Waals surface area contributed by atoms with Gasteiger partial charge in [0, 0.05) is 23.5 Å². The monoisotopic (exact) mass is 314 g/mol. The topological polar surface area (TPSA) is 51.2 Å². The Morgan fingerprint density at radius 2 is 1.82 bits per heavy atom. The Balaban J connectivity index is 2.42. The number of hydrogen-bond donors (Lipinski definition) is 1. The summed E-state index contributed by atoms with van der Waals surface area (Å²) in [7, 11) is 1.34. The number of nitrogens with zero attached hydrogens (tertiary/aromatic N) is 1. The van der Waals surface area contributed by atoms with Gasteiger partial charge in [0.1, 0.15) is 11.4 Å². The summed E-state index contributed by atoms with van der Waals surface area (Å²) >= 11 is 0. The van der Waals surface area contributed by atoms with E-state index < -0.39 is 40.3 Å². The Hall–Kier alpha value is -2.64. The number of nitrogens with one attached hydrogen (secondary N) is 1. The van der Waals surface area contributed by atoms with Gasteiger partial charge in [0.25, 0.3) is 5.91 Å². The molecule has 0 aliphatic rings. The van der Waals surface area contributed by atoms with Crippen LogP contribution in [0.1, 0.15) is 15.9 Å². The Morgan fingerprint density at radius 1 is 1.14 bits per heavy atom. The molecule has 1 amide bonds. The van der Waals surface area contributed by atoms with Gasteiger partial charge < -0.3 is 10.1 Å². The van der Waals surface area contributed by atoms with E-state index in [1.165, 1.54) is 25.4 Å². The molecule has 0 fully saturated rings. The fourth-order valence-corrected chi connectivity index (χ4v) is 1.74. The molecular formula is C14H10F4N2O2. The molecule has 0 radical (unpaired) electrons. The molecule has 2 rings (SSSR count). The average molecular weight is 314 g/mol. The predicted octanol–water partition coefficient (Wildman–Crippen LogP) is 3.21. The summed E-state index contributed by atoms with van der Waals surface area (Å²) in [6.45, 7) is 0.902. The number of pyridine rings is 1. The third-order valence-electron chi connectivity index (χ3n) is 2.91. The summed E-state index contributed by atoms with van der Waals surface area (Å²) in [6.07, 6.45) is 1.29. The lowest BCUT2D eigenvalue weighted by atomic mass is 10.1. The van der Waals surface area contributed by atoms with E-state index in [0.717, 1.165) is 6.92 Å². The Labute approximate surface area is 122 Å². The van der Waals surface area contributed by atoms with E-state index in [-0.39, 0.29) is 11.6 Å². The van der Waals surface area contributed by atoms with Gasteiger partial charge in [-0.15, -0.1) is 0 Å². The normalized spacial score (nSPS) is 10.5. The second kappa shape index (κ2) is 6.00. The zero-order chi connectivity index (χ0) is 16.4. The maximum Gasteiger partial charge on any atom is 0.261 e. The maximum atomic E-state index is 13.9. The van der Waals surface area contributed by atoms with Gasteiger partial charge in [-0.1, -0.05) is 0 Å². The van der Waals surface area contributed by atoms with Gasteiger partial charge >= 0.3 is 0 Å². The van der Waals surface area contributed by atoms with Gasteiger partial charge in [-0.2, -0.15) is 0 Å². The number of anilines is 1. The summed E-state index contributed by atoms with van der Waals surface area (Å²) in [6, 6.07) is 2.63. The van der Waals surface area contributed by atoms with E-state index in [4.69, 9.17) is 4.74 Å². The van der Waals surface area contributed by atoms with Crippen LogP contribution < -0.4 is 10.1 Å². The molecule has 1 aromatic carbocycles. The quantitative estimate of drug-likeness (QED) is 0.538. The second-order valence-electron chi connectivity index (χ2n) is 4.30. The fraction of sp³-hybridized carbons (Fsp3) is 0.143. The van der Waals surface area contributed by atoms with E-state index in [0.29, 0.717) is 0 Å². The minimum absolute atomic E-state index is 0.123. The van der Waals surface area contributed by atoms with E-state index >= 15 is 0 Å². The van der Waals surface area contributed by atoms with Crippen LogP contribution in [0.15, 0.2) is 18.3 Å². The molecule has 1 N–H and O–H groups in total. The predicted molar refractivity (Wildman–Crippen MR) is 69.8 cm³/mol. The molecular weight excluding hydrogens is 304 g/mol. The van der Waals surface area contributed by atoms with E-state index in [2.05, 4.69) is 10.3 Å². The summed E-state index contributed by atoms with van der Waals surface area (Å²) in [5.41, 5.74) is -1.86. The van der Waals surface area contributed by atoms with Crippen molar-refractivity contribution in [2.75, 3.05) is 12.4 Å². The molecule has 0 spiro atoms. The first-order valence-electron chi connectivity index (χ1n) is 6.00. The van der Waals surface area contributed by atoms with Crippen LogP contribution in [0, 0.1) is 30.2 Å². The molecule has 22 heavy (non-hydrogen) atoms. The largest absolute Gasteiger partial charge is 0.481 e. The van der Waals surface area contributed by atoms with Gasteiger partial charge in [0.2, 0.25) is 5.88 Å². The van der Waals surface area contributed by atoms with Gasteiger partial charge in [-0.05, 0) is 13.0 Å². The first kappa shape index (κ1) is 15.7. The number of methoxy groups -OCH3 is 1. The molecule has 0 saturated carbocycles. The van der Waals surface area contributed by atoms with Crippen molar-refractivity contribution < 1.29 is 27.1 Å². The van der Waals surface area contributed by atoms with Crippen molar-refractivity contribution in [2.45, 2.75) is 6.92 Å². The molecule has 116 valence electrons. The number of aromatic nitrogens is 1. The van der Waals surface area contributed by atoms with Crippen LogP contribution in [0.5, 0.6) is 5.88 Å². The maximum absolute atomic E-state index is 13.9. The molecule has 0 saturated heterocycles. The van der Waals surface area contributed by atoms with Gasteiger partial charge in [-0.25, -0.2) is 22.5 Å². The van der Waals surface area contributed by atoms with Crippen LogP contribution in [0.25, 0.3) is 0 Å². The summed E-state index contributed by atoms with van der Waals surface area (Å²) in [5.74, 6) is -8.03. The van der Waals surface area contributed by atoms with Crippen molar-refractivity contribution >= 4 is 11.6 Å². The Morgan fingerprint density at radius 3 is 2.45 bits per heavy atom. The highest BCUT2D eigenvalue weighted by molar-refractivity contribution is 6.04. The number of hydrogen-bond acceptors (Lipinski definition) is 3. The molecule has 2 aromatic rings. The highest BCUT2D eigenvalue weighted by Gasteiger charge is 2.27. The van der Waals surface area contributed by atoms with Crippen LogP contribution in [-0.2, 0) is 0 Å². The minimum atomic E-state index is -1.91. The molecule has 0 atom stereocenters. The van der Waals surface area contributed by atoms with Crippen molar-refractivity contribution in [3.63, 3.8) is 0 Å². The number of rotatable bonds is 3. The molecule has 1 aromatic heterocycles. The highest BCUT2D eigenvalue weighted by Crippen LogP contribution is 2.24. The molecule has 1 heterocycles.